The Bertz CT molecular complexity index is 1150. The molecule has 0 bridgehead atoms. The van der Waals surface area contributed by atoms with E-state index in [1.165, 1.54) is 5.56 Å². The molecule has 5 nitrogen and oxygen atoms in total. The van der Waals surface area contributed by atoms with Crippen molar-refractivity contribution in [3.63, 3.8) is 0 Å². The molecule has 0 saturated carbocycles. The minimum atomic E-state index is -0.561. The third kappa shape index (κ3) is 7.25. The molecule has 1 fully saturated rings. The summed E-state index contributed by atoms with van der Waals surface area (Å²) in [5.74, 6) is 0.105. The molecule has 0 spiro atoms. The number of esters is 1. The van der Waals surface area contributed by atoms with Gasteiger partial charge in [-0.05, 0) is 74.3 Å². The van der Waals surface area contributed by atoms with Gasteiger partial charge >= 0.3 is 5.97 Å². The van der Waals surface area contributed by atoms with Gasteiger partial charge in [-0.3, -0.25) is 4.79 Å². The van der Waals surface area contributed by atoms with Gasteiger partial charge in [-0.15, -0.1) is 0 Å². The van der Waals surface area contributed by atoms with Crippen molar-refractivity contribution in [1.29, 1.82) is 0 Å². The third-order valence-corrected chi connectivity index (χ3v) is 7.25. The topological polar surface area (TPSA) is 55.8 Å². The summed E-state index contributed by atoms with van der Waals surface area (Å²) in [7, 11) is 0. The highest BCUT2D eigenvalue weighted by atomic mass is 16.5. The molecule has 0 unspecified atom stereocenters. The van der Waals surface area contributed by atoms with Crippen LogP contribution in [0.5, 0.6) is 5.75 Å². The molecule has 5 heteroatoms. The monoisotopic (exact) mass is 513 g/mol. The minimum Gasteiger partial charge on any atom is -0.494 e. The number of likely N-dealkylation sites (tertiary alicyclic amines) is 1. The van der Waals surface area contributed by atoms with E-state index in [0.717, 1.165) is 42.6 Å². The lowest BCUT2D eigenvalue weighted by Gasteiger charge is -2.36. The molecule has 38 heavy (non-hydrogen) atoms. The molecule has 1 heterocycles. The molecule has 0 radical (unpaired) electrons. The van der Waals surface area contributed by atoms with Gasteiger partial charge in [-0.2, -0.15) is 0 Å². The Morgan fingerprint density at radius 1 is 0.895 bits per heavy atom. The molecule has 0 N–H and O–H groups in total. The Kier molecular flexibility index (Phi) is 9.97. The van der Waals surface area contributed by atoms with Gasteiger partial charge in [0.2, 0.25) is 5.91 Å². The normalized spacial score (nSPS) is 16.9. The Morgan fingerprint density at radius 3 is 2.26 bits per heavy atom. The first kappa shape index (κ1) is 27.4. The standard InChI is InChI=1S/C33H39NO4/c1-3-24-37-29-20-18-27(19-21-29)25(2)32(35)34-23-11-10-16-30(34)33(36)38-31(28-14-8-5-9-15-28)22-17-26-12-6-4-7-13-26/h4-9,12-15,18-21,25,30-31H,3,10-11,16-17,22-24H2,1-2H3/t25-,30-,31+/m0/s1. The fraction of sp³-hybridized carbons (Fsp3) is 0.394. The molecule has 3 aromatic rings. The van der Waals surface area contributed by atoms with Crippen LogP contribution in [-0.2, 0) is 20.7 Å². The quantitative estimate of drug-likeness (QED) is 0.262. The smallest absolute Gasteiger partial charge is 0.329 e. The van der Waals surface area contributed by atoms with Gasteiger partial charge in [0.15, 0.2) is 0 Å². The lowest BCUT2D eigenvalue weighted by molar-refractivity contribution is -0.162. The zero-order chi connectivity index (χ0) is 26.7. The number of amides is 1. The number of benzene rings is 3. The number of carbonyl (C=O) groups excluding carboxylic acids is 2. The summed E-state index contributed by atoms with van der Waals surface area (Å²) in [5, 5.41) is 0. The fourth-order valence-electron chi connectivity index (χ4n) is 5.03. The summed E-state index contributed by atoms with van der Waals surface area (Å²) in [6, 6.07) is 27.3. The van der Waals surface area contributed by atoms with Gasteiger partial charge in [0, 0.05) is 6.54 Å². The zero-order valence-corrected chi connectivity index (χ0v) is 22.6. The fourth-order valence-corrected chi connectivity index (χ4v) is 5.03. The minimum absolute atomic E-state index is 0.0329. The molecule has 3 aromatic carbocycles. The van der Waals surface area contributed by atoms with Crippen LogP contribution in [0.3, 0.4) is 0 Å². The first-order chi connectivity index (χ1) is 18.6. The highest BCUT2D eigenvalue weighted by Gasteiger charge is 2.36. The van der Waals surface area contributed by atoms with E-state index in [1.54, 1.807) is 4.90 Å². The Morgan fingerprint density at radius 2 is 1.58 bits per heavy atom. The van der Waals surface area contributed by atoms with Crippen LogP contribution in [0.1, 0.15) is 74.7 Å². The van der Waals surface area contributed by atoms with E-state index < -0.39 is 6.04 Å². The van der Waals surface area contributed by atoms with Crippen LogP contribution >= 0.6 is 0 Å². The highest BCUT2D eigenvalue weighted by Crippen LogP contribution is 2.29. The number of piperidine rings is 1. The largest absolute Gasteiger partial charge is 0.494 e. The average Bonchev–Trinajstić information content (AvgIpc) is 2.98. The molecule has 200 valence electrons. The summed E-state index contributed by atoms with van der Waals surface area (Å²) in [4.78, 5) is 29.0. The van der Waals surface area contributed by atoms with Crippen molar-refractivity contribution in [3.05, 3.63) is 102 Å². The first-order valence-corrected chi connectivity index (χ1v) is 13.9. The Hall–Kier alpha value is -3.60. The number of carbonyl (C=O) groups is 2. The van der Waals surface area contributed by atoms with Crippen LogP contribution in [0.15, 0.2) is 84.9 Å². The van der Waals surface area contributed by atoms with Gasteiger partial charge in [-0.25, -0.2) is 4.79 Å². The summed E-state index contributed by atoms with van der Waals surface area (Å²) < 4.78 is 11.8. The first-order valence-electron chi connectivity index (χ1n) is 13.9. The van der Waals surface area contributed by atoms with E-state index in [9.17, 15) is 9.59 Å². The maximum atomic E-state index is 13.6. The SMILES string of the molecule is CCCOc1ccc([C@H](C)C(=O)N2CCCC[C@H]2C(=O)O[C@H](CCc2ccccc2)c2ccccc2)cc1. The summed E-state index contributed by atoms with van der Waals surface area (Å²) in [6.07, 6.45) is 4.49. The summed E-state index contributed by atoms with van der Waals surface area (Å²) >= 11 is 0. The van der Waals surface area contributed by atoms with E-state index in [0.29, 0.717) is 26.0 Å². The van der Waals surface area contributed by atoms with E-state index in [2.05, 4.69) is 19.1 Å². The predicted molar refractivity (Wildman–Crippen MR) is 150 cm³/mol. The van der Waals surface area contributed by atoms with Crippen LogP contribution in [0.25, 0.3) is 0 Å². The molecular weight excluding hydrogens is 474 g/mol. The number of hydrogen-bond acceptors (Lipinski definition) is 4. The predicted octanol–water partition coefficient (Wildman–Crippen LogP) is 6.88. The van der Waals surface area contributed by atoms with Gasteiger partial charge in [0.1, 0.15) is 17.9 Å². The van der Waals surface area contributed by atoms with Crippen LogP contribution in [-0.4, -0.2) is 36.0 Å². The number of ether oxygens (including phenoxy) is 2. The maximum Gasteiger partial charge on any atom is 0.329 e. The van der Waals surface area contributed by atoms with Gasteiger partial charge in [-0.1, -0.05) is 79.7 Å². The second-order valence-electron chi connectivity index (χ2n) is 10.0. The van der Waals surface area contributed by atoms with Gasteiger partial charge in [0.25, 0.3) is 0 Å². The third-order valence-electron chi connectivity index (χ3n) is 7.25. The average molecular weight is 514 g/mol. The second-order valence-corrected chi connectivity index (χ2v) is 10.0. The van der Waals surface area contributed by atoms with Crippen molar-refractivity contribution in [3.8, 4) is 5.75 Å². The van der Waals surface area contributed by atoms with Crippen molar-refractivity contribution in [1.82, 2.24) is 4.90 Å². The molecule has 1 amide bonds. The summed E-state index contributed by atoms with van der Waals surface area (Å²) in [6.45, 7) is 5.22. The number of hydrogen-bond donors (Lipinski definition) is 0. The zero-order valence-electron chi connectivity index (χ0n) is 22.6. The van der Waals surface area contributed by atoms with E-state index in [4.69, 9.17) is 9.47 Å². The summed E-state index contributed by atoms with van der Waals surface area (Å²) in [5.41, 5.74) is 3.10. The lowest BCUT2D eigenvalue weighted by Crippen LogP contribution is -2.50. The number of rotatable bonds is 11. The highest BCUT2D eigenvalue weighted by molar-refractivity contribution is 5.88. The lowest BCUT2D eigenvalue weighted by atomic mass is 9.95. The second kappa shape index (κ2) is 13.8. The van der Waals surface area contributed by atoms with Crippen LogP contribution < -0.4 is 4.74 Å². The van der Waals surface area contributed by atoms with E-state index in [1.807, 2.05) is 79.7 Å². The Balaban J connectivity index is 1.45. The Labute approximate surface area is 226 Å². The van der Waals surface area contributed by atoms with Gasteiger partial charge in [0.05, 0.1) is 12.5 Å². The molecule has 4 rings (SSSR count). The molecule has 1 aliphatic rings. The van der Waals surface area contributed by atoms with E-state index in [-0.39, 0.29) is 23.9 Å². The van der Waals surface area contributed by atoms with Crippen LogP contribution in [0.2, 0.25) is 0 Å². The molecule has 3 atom stereocenters. The van der Waals surface area contributed by atoms with Crippen LogP contribution in [0, 0.1) is 0 Å². The molecule has 1 aliphatic heterocycles. The number of nitrogens with zero attached hydrogens (tertiary/aromatic N) is 1. The molecule has 1 saturated heterocycles. The number of aryl methyl sites for hydroxylation is 1. The van der Waals surface area contributed by atoms with Crippen molar-refractivity contribution in [2.75, 3.05) is 13.2 Å². The van der Waals surface area contributed by atoms with Crippen molar-refractivity contribution < 1.29 is 19.1 Å². The van der Waals surface area contributed by atoms with E-state index >= 15 is 0 Å². The maximum absolute atomic E-state index is 13.6. The molecule has 0 aliphatic carbocycles. The molecule has 0 aromatic heterocycles. The van der Waals surface area contributed by atoms with Crippen molar-refractivity contribution in [2.24, 2.45) is 0 Å². The van der Waals surface area contributed by atoms with Crippen molar-refractivity contribution in [2.45, 2.75) is 70.4 Å². The molecular formula is C33H39NO4. The van der Waals surface area contributed by atoms with Gasteiger partial charge < -0.3 is 14.4 Å². The van der Waals surface area contributed by atoms with Crippen molar-refractivity contribution >= 4 is 11.9 Å². The van der Waals surface area contributed by atoms with Crippen LogP contribution in [0.4, 0.5) is 0 Å².